The minimum atomic E-state index is 0.877. The van der Waals surface area contributed by atoms with E-state index in [1.807, 2.05) is 0 Å². The second kappa shape index (κ2) is 5.29. The number of benzene rings is 1. The number of thiophene rings is 1. The van der Waals surface area contributed by atoms with Crippen LogP contribution in [0.5, 0.6) is 0 Å². The van der Waals surface area contributed by atoms with Crippen LogP contribution in [0.4, 0.5) is 0 Å². The molecule has 92 valence electrons. The molecule has 0 amide bonds. The maximum atomic E-state index is 4.10. The zero-order valence-corrected chi connectivity index (χ0v) is 10.7. The molecule has 0 aliphatic carbocycles. The van der Waals surface area contributed by atoms with Crippen molar-refractivity contribution in [1.82, 2.24) is 20.5 Å². The molecule has 0 atom stereocenters. The molecule has 3 rings (SSSR count). The van der Waals surface area contributed by atoms with Gasteiger partial charge in [-0.15, -0.1) is 11.3 Å². The molecule has 0 aliphatic rings. The number of hydrogen-bond donors (Lipinski definition) is 2. The van der Waals surface area contributed by atoms with E-state index in [2.05, 4.69) is 50.1 Å². The molecule has 0 fully saturated rings. The van der Waals surface area contributed by atoms with Crippen LogP contribution in [0, 0.1) is 0 Å². The van der Waals surface area contributed by atoms with Gasteiger partial charge in [0.1, 0.15) is 12.2 Å². The zero-order chi connectivity index (χ0) is 12.2. The molecule has 18 heavy (non-hydrogen) atoms. The molecule has 2 N–H and O–H groups in total. The Hall–Kier alpha value is -1.72. The third-order valence-corrected chi connectivity index (χ3v) is 3.89. The van der Waals surface area contributed by atoms with Gasteiger partial charge in [-0.1, -0.05) is 18.2 Å². The number of aromatic nitrogens is 3. The Bertz CT molecular complexity index is 615. The largest absolute Gasteiger partial charge is 0.312 e. The summed E-state index contributed by atoms with van der Waals surface area (Å²) in [5.74, 6) is 0.928. The Kier molecular flexibility index (Phi) is 3.34. The number of nitrogens with one attached hydrogen (secondary N) is 2. The molecular weight excluding hydrogens is 244 g/mol. The second-order valence-electron chi connectivity index (χ2n) is 4.12. The van der Waals surface area contributed by atoms with Crippen LogP contribution in [-0.2, 0) is 13.0 Å². The molecule has 0 bridgehead atoms. The quantitative estimate of drug-likeness (QED) is 0.691. The smallest absolute Gasteiger partial charge is 0.137 e. The summed E-state index contributed by atoms with van der Waals surface area (Å²) < 4.78 is 1.35. The van der Waals surface area contributed by atoms with Gasteiger partial charge in [-0.2, -0.15) is 5.10 Å². The number of rotatable bonds is 5. The zero-order valence-electron chi connectivity index (χ0n) is 9.89. The van der Waals surface area contributed by atoms with Crippen LogP contribution in [0.1, 0.15) is 11.4 Å². The minimum absolute atomic E-state index is 0.877. The summed E-state index contributed by atoms with van der Waals surface area (Å²) in [6, 6.07) is 8.52. The van der Waals surface area contributed by atoms with Crippen molar-refractivity contribution in [2.24, 2.45) is 0 Å². The first-order chi connectivity index (χ1) is 8.93. The van der Waals surface area contributed by atoms with E-state index in [0.717, 1.165) is 25.3 Å². The molecule has 0 unspecified atom stereocenters. The molecule has 3 aromatic rings. The normalized spacial score (nSPS) is 11.1. The predicted octanol–water partition coefficient (Wildman–Crippen LogP) is 2.35. The van der Waals surface area contributed by atoms with E-state index in [9.17, 15) is 0 Å². The lowest BCUT2D eigenvalue weighted by atomic mass is 10.2. The van der Waals surface area contributed by atoms with Crippen LogP contribution in [0.3, 0.4) is 0 Å². The fraction of sp³-hybridized carbons (Fsp3) is 0.231. The van der Waals surface area contributed by atoms with Crippen molar-refractivity contribution in [2.75, 3.05) is 6.54 Å². The summed E-state index contributed by atoms with van der Waals surface area (Å²) in [5, 5.41) is 13.7. The van der Waals surface area contributed by atoms with Gasteiger partial charge in [0.15, 0.2) is 0 Å². The maximum absolute atomic E-state index is 4.10. The maximum Gasteiger partial charge on any atom is 0.137 e. The predicted molar refractivity (Wildman–Crippen MR) is 73.6 cm³/mol. The molecule has 0 spiro atoms. The molecule has 0 saturated carbocycles. The summed E-state index contributed by atoms with van der Waals surface area (Å²) in [4.78, 5) is 4.10. The topological polar surface area (TPSA) is 53.6 Å². The Balaban J connectivity index is 1.57. The van der Waals surface area contributed by atoms with Crippen molar-refractivity contribution in [1.29, 1.82) is 0 Å². The van der Waals surface area contributed by atoms with E-state index >= 15 is 0 Å². The van der Waals surface area contributed by atoms with Crippen LogP contribution in [0.25, 0.3) is 10.1 Å². The molecule has 4 nitrogen and oxygen atoms in total. The van der Waals surface area contributed by atoms with Crippen molar-refractivity contribution in [3.05, 3.63) is 47.4 Å². The number of fused-ring (bicyclic) bond motifs is 1. The van der Waals surface area contributed by atoms with Gasteiger partial charge in [-0.3, -0.25) is 5.10 Å². The lowest BCUT2D eigenvalue weighted by molar-refractivity contribution is 0.675. The van der Waals surface area contributed by atoms with Crippen molar-refractivity contribution in [3.8, 4) is 0 Å². The van der Waals surface area contributed by atoms with E-state index < -0.39 is 0 Å². The molecular formula is C13H14N4S. The van der Waals surface area contributed by atoms with Gasteiger partial charge < -0.3 is 5.32 Å². The fourth-order valence-electron chi connectivity index (χ4n) is 1.95. The van der Waals surface area contributed by atoms with E-state index in [1.54, 1.807) is 17.7 Å². The van der Waals surface area contributed by atoms with Crippen LogP contribution >= 0.6 is 11.3 Å². The van der Waals surface area contributed by atoms with Gasteiger partial charge in [-0.25, -0.2) is 4.98 Å². The first kappa shape index (κ1) is 11.4. The van der Waals surface area contributed by atoms with Gasteiger partial charge in [0.25, 0.3) is 0 Å². The van der Waals surface area contributed by atoms with E-state index in [0.29, 0.717) is 0 Å². The van der Waals surface area contributed by atoms with Gasteiger partial charge >= 0.3 is 0 Å². The molecule has 2 aromatic heterocycles. The highest BCUT2D eigenvalue weighted by Gasteiger charge is 2.02. The number of hydrogen-bond acceptors (Lipinski definition) is 4. The van der Waals surface area contributed by atoms with Gasteiger partial charge in [-0.05, 0) is 22.4 Å². The van der Waals surface area contributed by atoms with E-state index in [4.69, 9.17) is 0 Å². The van der Waals surface area contributed by atoms with Crippen molar-refractivity contribution in [2.45, 2.75) is 13.0 Å². The Morgan fingerprint density at radius 2 is 2.22 bits per heavy atom. The van der Waals surface area contributed by atoms with Gasteiger partial charge in [0, 0.05) is 24.2 Å². The Morgan fingerprint density at radius 3 is 3.11 bits per heavy atom. The van der Waals surface area contributed by atoms with E-state index in [1.165, 1.54) is 15.6 Å². The first-order valence-electron chi connectivity index (χ1n) is 5.93. The van der Waals surface area contributed by atoms with Crippen molar-refractivity contribution in [3.63, 3.8) is 0 Å². The number of aromatic amines is 1. The molecule has 5 heteroatoms. The third kappa shape index (κ3) is 2.42. The minimum Gasteiger partial charge on any atom is -0.312 e. The molecule has 1 aromatic carbocycles. The number of H-pyrrole nitrogens is 1. The van der Waals surface area contributed by atoms with Crippen molar-refractivity contribution >= 4 is 21.4 Å². The lowest BCUT2D eigenvalue weighted by Crippen LogP contribution is -2.16. The third-order valence-electron chi connectivity index (χ3n) is 2.88. The van der Waals surface area contributed by atoms with Gasteiger partial charge in [0.05, 0.1) is 0 Å². The summed E-state index contributed by atoms with van der Waals surface area (Å²) in [5.41, 5.74) is 1.37. The molecule has 0 saturated heterocycles. The molecule has 0 radical (unpaired) electrons. The summed E-state index contributed by atoms with van der Waals surface area (Å²) in [7, 11) is 0. The first-order valence-corrected chi connectivity index (χ1v) is 6.81. The second-order valence-corrected chi connectivity index (χ2v) is 5.03. The summed E-state index contributed by atoms with van der Waals surface area (Å²) >= 11 is 1.80. The SMILES string of the molecule is c1ccc2c(CNCCc3ncn[nH]3)csc2c1. The van der Waals surface area contributed by atoms with Crippen LogP contribution in [-0.4, -0.2) is 21.7 Å². The van der Waals surface area contributed by atoms with Gasteiger partial charge in [0.2, 0.25) is 0 Å². The summed E-state index contributed by atoms with van der Waals surface area (Å²) in [6.45, 7) is 1.80. The lowest BCUT2D eigenvalue weighted by Gasteiger charge is -2.02. The molecule has 2 heterocycles. The summed E-state index contributed by atoms with van der Waals surface area (Å²) in [6.07, 6.45) is 2.42. The fourth-order valence-corrected chi connectivity index (χ4v) is 2.91. The Morgan fingerprint density at radius 1 is 1.28 bits per heavy atom. The average Bonchev–Trinajstić information content (AvgIpc) is 3.04. The van der Waals surface area contributed by atoms with E-state index in [-0.39, 0.29) is 0 Å². The van der Waals surface area contributed by atoms with Crippen molar-refractivity contribution < 1.29 is 0 Å². The monoisotopic (exact) mass is 258 g/mol. The Labute approximate surface area is 109 Å². The van der Waals surface area contributed by atoms with Crippen LogP contribution < -0.4 is 5.32 Å². The number of nitrogens with zero attached hydrogens (tertiary/aromatic N) is 2. The standard InChI is InChI=1S/C13H14N4S/c1-2-4-12-11(3-1)10(8-18-12)7-14-6-5-13-15-9-16-17-13/h1-4,8-9,14H,5-7H2,(H,15,16,17). The highest BCUT2D eigenvalue weighted by Crippen LogP contribution is 2.25. The van der Waals surface area contributed by atoms with Crippen LogP contribution in [0.15, 0.2) is 36.0 Å². The van der Waals surface area contributed by atoms with Crippen LogP contribution in [0.2, 0.25) is 0 Å². The highest BCUT2D eigenvalue weighted by atomic mass is 32.1. The molecule has 0 aliphatic heterocycles. The average molecular weight is 258 g/mol. The highest BCUT2D eigenvalue weighted by molar-refractivity contribution is 7.17.